The summed E-state index contributed by atoms with van der Waals surface area (Å²) in [6, 6.07) is 20.5. The number of rotatable bonds is 6. The van der Waals surface area contributed by atoms with Gasteiger partial charge in [-0.15, -0.1) is 0 Å². The number of nitrogen functional groups attached to an aromatic ring is 1. The van der Waals surface area contributed by atoms with Gasteiger partial charge in [-0.05, 0) is 18.2 Å². The number of benzene rings is 2. The van der Waals surface area contributed by atoms with Gasteiger partial charge in [0.25, 0.3) is 0 Å². The standard InChI is InChI=1S/C20H17N7O2/c21-19-23-17(24-20(25-19)22-14-9-5-2-6-10-14)12-29-18(28)16-11-15(26-27-16)13-7-3-1-4-8-13/h1-11H,12H2,(H,26,27)(H3,21,22,23,24,25). The molecule has 4 N–H and O–H groups in total. The van der Waals surface area contributed by atoms with Crippen molar-refractivity contribution in [3.05, 3.63) is 78.2 Å². The number of carbonyl (C=O) groups excluding carboxylic acids is 1. The van der Waals surface area contributed by atoms with Crippen LogP contribution in [0.4, 0.5) is 17.6 Å². The molecule has 4 aromatic rings. The minimum absolute atomic E-state index is 0.0254. The molecular formula is C20H17N7O2. The lowest BCUT2D eigenvalue weighted by atomic mass is 10.1. The second-order valence-electron chi connectivity index (χ2n) is 6.03. The lowest BCUT2D eigenvalue weighted by molar-refractivity contribution is 0.0455. The molecule has 2 aromatic carbocycles. The Labute approximate surface area is 166 Å². The summed E-state index contributed by atoms with van der Waals surface area (Å²) in [5, 5.41) is 9.85. The van der Waals surface area contributed by atoms with Crippen molar-refractivity contribution in [2.45, 2.75) is 6.61 Å². The third kappa shape index (κ3) is 4.53. The van der Waals surface area contributed by atoms with E-state index in [9.17, 15) is 4.79 Å². The van der Waals surface area contributed by atoms with Gasteiger partial charge >= 0.3 is 5.97 Å². The molecule has 0 spiro atoms. The fourth-order valence-corrected chi connectivity index (χ4v) is 2.60. The highest BCUT2D eigenvalue weighted by Gasteiger charge is 2.14. The van der Waals surface area contributed by atoms with E-state index in [1.54, 1.807) is 6.07 Å². The van der Waals surface area contributed by atoms with E-state index in [-0.39, 0.29) is 30.0 Å². The summed E-state index contributed by atoms with van der Waals surface area (Å²) in [6.07, 6.45) is 0. The van der Waals surface area contributed by atoms with Crippen LogP contribution in [0.3, 0.4) is 0 Å². The summed E-state index contributed by atoms with van der Waals surface area (Å²) in [4.78, 5) is 24.6. The first kappa shape index (κ1) is 18.1. The summed E-state index contributed by atoms with van der Waals surface area (Å²) in [5.74, 6) is -0.0525. The van der Waals surface area contributed by atoms with Gasteiger partial charge in [0.2, 0.25) is 11.9 Å². The van der Waals surface area contributed by atoms with Crippen molar-refractivity contribution in [3.8, 4) is 11.3 Å². The minimum Gasteiger partial charge on any atom is -0.453 e. The van der Waals surface area contributed by atoms with Gasteiger partial charge in [-0.3, -0.25) is 5.10 Å². The first-order chi connectivity index (χ1) is 14.2. The predicted octanol–water partition coefficient (Wildman–Crippen LogP) is 2.94. The van der Waals surface area contributed by atoms with Crippen LogP contribution in [0.25, 0.3) is 11.3 Å². The average Bonchev–Trinajstić information content (AvgIpc) is 3.23. The van der Waals surface area contributed by atoms with E-state index in [2.05, 4.69) is 30.5 Å². The van der Waals surface area contributed by atoms with E-state index >= 15 is 0 Å². The molecule has 0 unspecified atom stereocenters. The number of aromatic nitrogens is 5. The number of ether oxygens (including phenoxy) is 1. The van der Waals surface area contributed by atoms with Crippen LogP contribution in [-0.2, 0) is 11.3 Å². The molecule has 0 radical (unpaired) electrons. The lowest BCUT2D eigenvalue weighted by Crippen LogP contribution is -2.11. The van der Waals surface area contributed by atoms with Crippen LogP contribution in [0.5, 0.6) is 0 Å². The molecule has 0 saturated heterocycles. The summed E-state index contributed by atoms with van der Waals surface area (Å²) in [6.45, 7) is -0.158. The molecule has 0 aliphatic heterocycles. The van der Waals surface area contributed by atoms with Crippen LogP contribution < -0.4 is 11.1 Å². The van der Waals surface area contributed by atoms with Gasteiger partial charge in [0.15, 0.2) is 12.4 Å². The average molecular weight is 387 g/mol. The molecule has 0 amide bonds. The maximum Gasteiger partial charge on any atom is 0.356 e. The number of anilines is 3. The Morgan fingerprint density at radius 1 is 1.00 bits per heavy atom. The molecular weight excluding hydrogens is 370 g/mol. The number of nitrogens with two attached hydrogens (primary N) is 1. The smallest absolute Gasteiger partial charge is 0.356 e. The summed E-state index contributed by atoms with van der Waals surface area (Å²) >= 11 is 0. The van der Waals surface area contributed by atoms with Crippen LogP contribution in [0.15, 0.2) is 66.7 Å². The first-order valence-electron chi connectivity index (χ1n) is 8.78. The highest BCUT2D eigenvalue weighted by molar-refractivity contribution is 5.88. The Hall–Kier alpha value is -4.27. The van der Waals surface area contributed by atoms with E-state index in [0.717, 1.165) is 11.3 Å². The zero-order valence-electron chi connectivity index (χ0n) is 15.2. The van der Waals surface area contributed by atoms with Crippen molar-refractivity contribution < 1.29 is 9.53 Å². The number of nitrogens with one attached hydrogen (secondary N) is 2. The highest BCUT2D eigenvalue weighted by Crippen LogP contribution is 2.18. The fraction of sp³-hybridized carbons (Fsp3) is 0.0500. The largest absolute Gasteiger partial charge is 0.453 e. The van der Waals surface area contributed by atoms with Crippen LogP contribution in [0.2, 0.25) is 0 Å². The van der Waals surface area contributed by atoms with Crippen molar-refractivity contribution in [2.24, 2.45) is 0 Å². The van der Waals surface area contributed by atoms with Crippen LogP contribution >= 0.6 is 0 Å². The number of hydrogen-bond acceptors (Lipinski definition) is 8. The van der Waals surface area contributed by atoms with E-state index in [4.69, 9.17) is 10.5 Å². The lowest BCUT2D eigenvalue weighted by Gasteiger charge is -2.07. The normalized spacial score (nSPS) is 10.5. The van der Waals surface area contributed by atoms with Gasteiger partial charge < -0.3 is 15.8 Å². The molecule has 2 heterocycles. The topological polar surface area (TPSA) is 132 Å². The zero-order valence-corrected chi connectivity index (χ0v) is 15.2. The van der Waals surface area contributed by atoms with Crippen LogP contribution in [0, 0.1) is 0 Å². The summed E-state index contributed by atoms with van der Waals surface area (Å²) in [5.41, 5.74) is 8.31. The molecule has 0 fully saturated rings. The molecule has 0 aliphatic rings. The predicted molar refractivity (Wildman–Crippen MR) is 107 cm³/mol. The van der Waals surface area contributed by atoms with Gasteiger partial charge in [0.1, 0.15) is 5.69 Å². The summed E-state index contributed by atoms with van der Waals surface area (Å²) < 4.78 is 5.28. The monoisotopic (exact) mass is 387 g/mol. The Morgan fingerprint density at radius 3 is 2.48 bits per heavy atom. The molecule has 9 nitrogen and oxygen atoms in total. The van der Waals surface area contributed by atoms with Crippen LogP contribution in [-0.4, -0.2) is 31.1 Å². The van der Waals surface area contributed by atoms with Gasteiger partial charge in [-0.25, -0.2) is 4.79 Å². The molecule has 0 saturated carbocycles. The molecule has 144 valence electrons. The quantitative estimate of drug-likeness (QED) is 0.430. The third-order valence-corrected chi connectivity index (χ3v) is 3.93. The SMILES string of the molecule is Nc1nc(COC(=O)c2cc(-c3ccccc3)n[nH]2)nc(Nc2ccccc2)n1. The first-order valence-corrected chi connectivity index (χ1v) is 8.78. The van der Waals surface area contributed by atoms with Crippen LogP contribution in [0.1, 0.15) is 16.3 Å². The fourth-order valence-electron chi connectivity index (χ4n) is 2.60. The van der Waals surface area contributed by atoms with Gasteiger partial charge in [-0.1, -0.05) is 48.5 Å². The molecule has 0 aliphatic carbocycles. The number of aromatic amines is 1. The molecule has 2 aromatic heterocycles. The maximum absolute atomic E-state index is 12.3. The Morgan fingerprint density at radius 2 is 1.72 bits per heavy atom. The third-order valence-electron chi connectivity index (χ3n) is 3.93. The number of para-hydroxylation sites is 1. The Kier molecular flexibility index (Phi) is 5.10. The Bertz CT molecular complexity index is 1110. The maximum atomic E-state index is 12.3. The van der Waals surface area contributed by atoms with Crippen molar-refractivity contribution >= 4 is 23.6 Å². The summed E-state index contributed by atoms with van der Waals surface area (Å²) in [7, 11) is 0. The Balaban J connectivity index is 1.42. The van der Waals surface area contributed by atoms with Gasteiger partial charge in [-0.2, -0.15) is 20.1 Å². The van der Waals surface area contributed by atoms with Crippen molar-refractivity contribution in [3.63, 3.8) is 0 Å². The minimum atomic E-state index is -0.573. The molecule has 0 bridgehead atoms. The van der Waals surface area contributed by atoms with E-state index in [1.807, 2.05) is 60.7 Å². The van der Waals surface area contributed by atoms with Gasteiger partial charge in [0, 0.05) is 11.3 Å². The van der Waals surface area contributed by atoms with E-state index in [0.29, 0.717) is 5.69 Å². The number of nitrogens with zero attached hydrogens (tertiary/aromatic N) is 4. The van der Waals surface area contributed by atoms with Crippen molar-refractivity contribution in [2.75, 3.05) is 11.1 Å². The molecule has 4 rings (SSSR count). The van der Waals surface area contributed by atoms with Gasteiger partial charge in [0.05, 0.1) is 5.69 Å². The number of H-pyrrole nitrogens is 1. The molecule has 0 atom stereocenters. The number of hydrogen-bond donors (Lipinski definition) is 3. The molecule has 29 heavy (non-hydrogen) atoms. The molecule has 9 heteroatoms. The van der Waals surface area contributed by atoms with Crippen molar-refractivity contribution in [1.29, 1.82) is 0 Å². The van der Waals surface area contributed by atoms with Crippen molar-refractivity contribution in [1.82, 2.24) is 25.1 Å². The van der Waals surface area contributed by atoms with E-state index in [1.165, 1.54) is 0 Å². The second-order valence-corrected chi connectivity index (χ2v) is 6.03. The highest BCUT2D eigenvalue weighted by atomic mass is 16.5. The second kappa shape index (κ2) is 8.17. The van der Waals surface area contributed by atoms with E-state index < -0.39 is 5.97 Å². The number of esters is 1. The number of carbonyl (C=O) groups is 1. The zero-order chi connectivity index (χ0) is 20.1.